The fourth-order valence-electron chi connectivity index (χ4n) is 0.820. The number of esters is 1. The smallest absolute Gasteiger partial charge is 0.331 e. The van der Waals surface area contributed by atoms with E-state index in [2.05, 4.69) is 26.0 Å². The second kappa shape index (κ2) is 5.44. The first-order valence-corrected chi connectivity index (χ1v) is 4.78. The molecule has 1 rings (SSSR count). The second-order valence-electron chi connectivity index (χ2n) is 2.51. The molecule has 0 saturated carbocycles. The largest absolute Gasteiger partial charge is 0.466 e. The van der Waals surface area contributed by atoms with Gasteiger partial charge in [0, 0.05) is 22.4 Å². The first-order chi connectivity index (χ1) is 6.72. The number of carbonyl (C=O) groups excluding carboxylic acids is 1. The lowest BCUT2D eigenvalue weighted by Crippen LogP contribution is -1.96. The highest BCUT2D eigenvalue weighted by Gasteiger charge is 1.91. The molecule has 3 nitrogen and oxygen atoms in total. The van der Waals surface area contributed by atoms with Gasteiger partial charge in [0.25, 0.3) is 0 Å². The Morgan fingerprint density at radius 3 is 2.64 bits per heavy atom. The first kappa shape index (κ1) is 10.8. The molecule has 0 fully saturated rings. The van der Waals surface area contributed by atoms with E-state index in [1.165, 1.54) is 19.4 Å². The Kier molecular flexibility index (Phi) is 4.19. The summed E-state index contributed by atoms with van der Waals surface area (Å²) in [4.78, 5) is 10.7. The maximum absolute atomic E-state index is 10.7. The van der Waals surface area contributed by atoms with Crippen LogP contribution in [0, 0.1) is 0 Å². The lowest BCUT2D eigenvalue weighted by atomic mass is 10.3. The number of rotatable bonds is 3. The van der Waals surface area contributed by atoms with E-state index < -0.39 is 0 Å². The molecule has 0 heterocycles. The molecule has 0 amide bonds. The van der Waals surface area contributed by atoms with Crippen molar-refractivity contribution in [1.82, 2.24) is 0 Å². The molecule has 0 aliphatic carbocycles. The molecule has 74 valence electrons. The molecule has 0 atom stereocenters. The van der Waals surface area contributed by atoms with Crippen molar-refractivity contribution in [2.45, 2.75) is 0 Å². The number of ether oxygens (including phenoxy) is 1. The summed E-state index contributed by atoms with van der Waals surface area (Å²) in [5.74, 6) is -0.380. The summed E-state index contributed by atoms with van der Waals surface area (Å²) >= 11 is 3.33. The number of benzene rings is 1. The third-order valence-corrected chi connectivity index (χ3v) is 2.04. The van der Waals surface area contributed by atoms with Crippen molar-refractivity contribution in [3.63, 3.8) is 0 Å². The Hall–Kier alpha value is -1.29. The highest BCUT2D eigenvalue weighted by atomic mass is 79.9. The lowest BCUT2D eigenvalue weighted by Gasteiger charge is -1.99. The van der Waals surface area contributed by atoms with Crippen LogP contribution in [0.5, 0.6) is 0 Å². The van der Waals surface area contributed by atoms with Crippen molar-refractivity contribution in [1.29, 1.82) is 0 Å². The quantitative estimate of drug-likeness (QED) is 0.667. The topological polar surface area (TPSA) is 38.3 Å². The minimum absolute atomic E-state index is 0.380. The van der Waals surface area contributed by atoms with Crippen LogP contribution in [0.25, 0.3) is 0 Å². The van der Waals surface area contributed by atoms with Crippen LogP contribution in [-0.2, 0) is 9.53 Å². The zero-order valence-corrected chi connectivity index (χ0v) is 9.24. The van der Waals surface area contributed by atoms with Crippen LogP contribution < -0.4 is 5.32 Å². The highest BCUT2D eigenvalue weighted by Crippen LogP contribution is 2.13. The van der Waals surface area contributed by atoms with E-state index in [4.69, 9.17) is 0 Å². The van der Waals surface area contributed by atoms with E-state index in [0.717, 1.165) is 10.2 Å². The van der Waals surface area contributed by atoms with E-state index >= 15 is 0 Å². The van der Waals surface area contributed by atoms with Crippen LogP contribution in [0.4, 0.5) is 5.69 Å². The number of hydrogen-bond acceptors (Lipinski definition) is 3. The monoisotopic (exact) mass is 255 g/mol. The van der Waals surface area contributed by atoms with Crippen molar-refractivity contribution in [2.24, 2.45) is 0 Å². The minimum atomic E-state index is -0.380. The van der Waals surface area contributed by atoms with Crippen LogP contribution in [0.1, 0.15) is 0 Å². The van der Waals surface area contributed by atoms with Gasteiger partial charge >= 0.3 is 5.97 Å². The Morgan fingerprint density at radius 2 is 2.07 bits per heavy atom. The summed E-state index contributed by atoms with van der Waals surface area (Å²) < 4.78 is 5.45. The SMILES string of the molecule is COC(=O)/C=C\Nc1ccc(Br)cc1. The summed E-state index contributed by atoms with van der Waals surface area (Å²) in [5, 5.41) is 2.93. The number of halogens is 1. The number of anilines is 1. The van der Waals surface area contributed by atoms with Gasteiger partial charge in [-0.1, -0.05) is 15.9 Å². The summed E-state index contributed by atoms with van der Waals surface area (Å²) in [6.07, 6.45) is 2.86. The maximum Gasteiger partial charge on any atom is 0.331 e. The van der Waals surface area contributed by atoms with E-state index in [-0.39, 0.29) is 5.97 Å². The van der Waals surface area contributed by atoms with Gasteiger partial charge in [-0.3, -0.25) is 0 Å². The van der Waals surface area contributed by atoms with Gasteiger partial charge < -0.3 is 10.1 Å². The summed E-state index contributed by atoms with van der Waals surface area (Å²) in [6, 6.07) is 7.61. The average molecular weight is 256 g/mol. The van der Waals surface area contributed by atoms with Crippen molar-refractivity contribution >= 4 is 27.6 Å². The second-order valence-corrected chi connectivity index (χ2v) is 3.42. The Bertz CT molecular complexity index is 332. The maximum atomic E-state index is 10.7. The van der Waals surface area contributed by atoms with Gasteiger partial charge in [0.05, 0.1) is 7.11 Å². The zero-order valence-electron chi connectivity index (χ0n) is 7.66. The molecule has 1 aromatic rings. The predicted molar refractivity (Wildman–Crippen MR) is 58.9 cm³/mol. The van der Waals surface area contributed by atoms with Crippen LogP contribution in [0.2, 0.25) is 0 Å². The molecular weight excluding hydrogens is 246 g/mol. The van der Waals surface area contributed by atoms with E-state index in [1.54, 1.807) is 0 Å². The zero-order chi connectivity index (χ0) is 10.4. The molecule has 0 aliphatic heterocycles. The predicted octanol–water partition coefficient (Wildman–Crippen LogP) is 2.55. The Balaban J connectivity index is 2.49. The van der Waals surface area contributed by atoms with E-state index in [1.807, 2.05) is 24.3 Å². The van der Waals surface area contributed by atoms with E-state index in [0.29, 0.717) is 0 Å². The lowest BCUT2D eigenvalue weighted by molar-refractivity contribution is -0.134. The van der Waals surface area contributed by atoms with Gasteiger partial charge in [-0.05, 0) is 24.3 Å². The first-order valence-electron chi connectivity index (χ1n) is 3.99. The summed E-state index contributed by atoms with van der Waals surface area (Å²) in [5.41, 5.74) is 0.911. The normalized spacial score (nSPS) is 10.1. The standard InChI is InChI=1S/C10H10BrNO2/c1-14-10(13)6-7-12-9-4-2-8(11)3-5-9/h2-7,12H,1H3/b7-6-. The summed E-state index contributed by atoms with van der Waals surface area (Å²) in [7, 11) is 1.34. The fraction of sp³-hybridized carbons (Fsp3) is 0.100. The van der Waals surface area contributed by atoms with Crippen molar-refractivity contribution in [2.75, 3.05) is 12.4 Å². The number of carbonyl (C=O) groups is 1. The molecular formula is C10H10BrNO2. The number of hydrogen-bond donors (Lipinski definition) is 1. The number of nitrogens with one attached hydrogen (secondary N) is 1. The number of methoxy groups -OCH3 is 1. The van der Waals surface area contributed by atoms with Crippen LogP contribution in [0.15, 0.2) is 41.0 Å². The van der Waals surface area contributed by atoms with Gasteiger partial charge in [0.15, 0.2) is 0 Å². The van der Waals surface area contributed by atoms with Crippen LogP contribution in [-0.4, -0.2) is 13.1 Å². The van der Waals surface area contributed by atoms with Crippen molar-refractivity contribution in [3.05, 3.63) is 41.0 Å². The molecule has 0 radical (unpaired) electrons. The molecule has 1 N–H and O–H groups in total. The molecule has 1 aromatic carbocycles. The fourth-order valence-corrected chi connectivity index (χ4v) is 1.08. The minimum Gasteiger partial charge on any atom is -0.466 e. The Morgan fingerprint density at radius 1 is 1.43 bits per heavy atom. The molecule has 0 unspecified atom stereocenters. The van der Waals surface area contributed by atoms with Crippen molar-refractivity contribution in [3.8, 4) is 0 Å². The van der Waals surface area contributed by atoms with Gasteiger partial charge in [-0.25, -0.2) is 4.79 Å². The molecule has 0 bridgehead atoms. The highest BCUT2D eigenvalue weighted by molar-refractivity contribution is 9.10. The molecule has 14 heavy (non-hydrogen) atoms. The van der Waals surface area contributed by atoms with Gasteiger partial charge in [-0.2, -0.15) is 0 Å². The third-order valence-electron chi connectivity index (χ3n) is 1.51. The van der Waals surface area contributed by atoms with Gasteiger partial charge in [0.1, 0.15) is 0 Å². The summed E-state index contributed by atoms with van der Waals surface area (Å²) in [6.45, 7) is 0. The van der Waals surface area contributed by atoms with Crippen LogP contribution in [0.3, 0.4) is 0 Å². The van der Waals surface area contributed by atoms with Crippen LogP contribution >= 0.6 is 15.9 Å². The molecule has 4 heteroatoms. The van der Waals surface area contributed by atoms with Gasteiger partial charge in [0.2, 0.25) is 0 Å². The van der Waals surface area contributed by atoms with Gasteiger partial charge in [-0.15, -0.1) is 0 Å². The molecule has 0 aromatic heterocycles. The Labute approximate surface area is 90.9 Å². The van der Waals surface area contributed by atoms with Crippen molar-refractivity contribution < 1.29 is 9.53 Å². The molecule has 0 saturated heterocycles. The average Bonchev–Trinajstić information content (AvgIpc) is 2.21. The molecule has 0 spiro atoms. The molecule has 0 aliphatic rings. The third kappa shape index (κ3) is 3.62. The van der Waals surface area contributed by atoms with E-state index in [9.17, 15) is 4.79 Å².